The summed E-state index contributed by atoms with van der Waals surface area (Å²) in [5.74, 6) is -1.83. The number of ether oxygens (including phenoxy) is 2. The van der Waals surface area contributed by atoms with Gasteiger partial charge in [-0.15, -0.1) is 0 Å². The van der Waals surface area contributed by atoms with Crippen molar-refractivity contribution in [2.75, 3.05) is 18.9 Å². The molecular formula is C15H14FNO6S. The number of nitrogens with one attached hydrogen (secondary N) is 1. The maximum atomic E-state index is 13.2. The molecule has 0 aliphatic carbocycles. The van der Waals surface area contributed by atoms with Crippen LogP contribution in [0.4, 0.5) is 10.1 Å². The summed E-state index contributed by atoms with van der Waals surface area (Å²) in [6, 6.07) is 6.65. The number of sulfonamides is 1. The zero-order valence-corrected chi connectivity index (χ0v) is 13.6. The molecule has 2 N–H and O–H groups in total. The van der Waals surface area contributed by atoms with Crippen molar-refractivity contribution in [2.45, 2.75) is 4.90 Å². The van der Waals surface area contributed by atoms with Crippen LogP contribution in [-0.2, 0) is 10.0 Å². The molecule has 0 aliphatic rings. The normalized spacial score (nSPS) is 11.0. The number of benzene rings is 2. The Morgan fingerprint density at radius 2 is 1.75 bits per heavy atom. The molecule has 0 radical (unpaired) electrons. The van der Waals surface area contributed by atoms with Crippen LogP contribution < -0.4 is 14.2 Å². The van der Waals surface area contributed by atoms with Gasteiger partial charge in [0.05, 0.1) is 30.4 Å². The molecule has 0 atom stereocenters. The molecule has 0 aliphatic heterocycles. The second-order valence-electron chi connectivity index (χ2n) is 4.62. The molecule has 2 aromatic carbocycles. The second kappa shape index (κ2) is 6.75. The highest BCUT2D eigenvalue weighted by molar-refractivity contribution is 7.92. The smallest absolute Gasteiger partial charge is 0.337 e. The topological polar surface area (TPSA) is 102 Å². The van der Waals surface area contributed by atoms with E-state index in [1.807, 2.05) is 0 Å². The van der Waals surface area contributed by atoms with Crippen molar-refractivity contribution in [3.05, 3.63) is 47.8 Å². The van der Waals surface area contributed by atoms with E-state index in [2.05, 4.69) is 4.72 Å². The van der Waals surface area contributed by atoms with Gasteiger partial charge in [0, 0.05) is 12.1 Å². The Bertz CT molecular complexity index is 882. The highest BCUT2D eigenvalue weighted by Crippen LogP contribution is 2.34. The van der Waals surface area contributed by atoms with Crippen molar-refractivity contribution in [2.24, 2.45) is 0 Å². The van der Waals surface area contributed by atoms with Crippen molar-refractivity contribution in [1.29, 1.82) is 0 Å². The molecule has 9 heteroatoms. The van der Waals surface area contributed by atoms with E-state index in [1.54, 1.807) is 0 Å². The number of hydrogen-bond acceptors (Lipinski definition) is 5. The summed E-state index contributed by atoms with van der Waals surface area (Å²) in [7, 11) is -1.54. The minimum absolute atomic E-state index is 0.128. The third kappa shape index (κ3) is 3.57. The van der Waals surface area contributed by atoms with E-state index in [1.165, 1.54) is 32.4 Å². The number of carboxylic acids is 1. The summed E-state index contributed by atoms with van der Waals surface area (Å²) in [6.45, 7) is 0. The molecule has 7 nitrogen and oxygen atoms in total. The second-order valence-corrected chi connectivity index (χ2v) is 6.30. The van der Waals surface area contributed by atoms with Gasteiger partial charge < -0.3 is 14.6 Å². The quantitative estimate of drug-likeness (QED) is 0.825. The predicted octanol–water partition coefficient (Wildman–Crippen LogP) is 2.34. The lowest BCUT2D eigenvalue weighted by atomic mass is 10.1. The highest BCUT2D eigenvalue weighted by atomic mass is 32.2. The van der Waals surface area contributed by atoms with Crippen molar-refractivity contribution < 1.29 is 32.2 Å². The number of carbonyl (C=O) groups is 1. The van der Waals surface area contributed by atoms with E-state index < -0.39 is 21.8 Å². The van der Waals surface area contributed by atoms with E-state index in [0.29, 0.717) is 0 Å². The number of halogens is 1. The van der Waals surface area contributed by atoms with Gasteiger partial charge in [-0.05, 0) is 18.2 Å². The van der Waals surface area contributed by atoms with Crippen LogP contribution in [0.2, 0.25) is 0 Å². The molecule has 0 saturated heterocycles. The standard InChI is InChI=1S/C15H14FNO6S/c1-22-13-7-11(15(18)19)12(8-14(13)23-2)17-24(20,21)10-5-3-4-9(16)6-10/h3-8,17H,1-2H3,(H,18,19). The SMILES string of the molecule is COc1cc(NS(=O)(=O)c2cccc(F)c2)c(C(=O)O)cc1OC. The number of aromatic carboxylic acids is 1. The molecule has 0 aromatic heterocycles. The summed E-state index contributed by atoms with van der Waals surface area (Å²) in [5.41, 5.74) is -0.572. The summed E-state index contributed by atoms with van der Waals surface area (Å²) in [4.78, 5) is 11.0. The highest BCUT2D eigenvalue weighted by Gasteiger charge is 2.22. The van der Waals surface area contributed by atoms with Crippen LogP contribution in [0.1, 0.15) is 10.4 Å². The van der Waals surface area contributed by atoms with Crippen LogP contribution in [-0.4, -0.2) is 33.7 Å². The van der Waals surface area contributed by atoms with E-state index in [4.69, 9.17) is 9.47 Å². The Morgan fingerprint density at radius 1 is 1.12 bits per heavy atom. The fourth-order valence-corrected chi connectivity index (χ4v) is 3.08. The molecule has 0 unspecified atom stereocenters. The van der Waals surface area contributed by atoms with Gasteiger partial charge >= 0.3 is 5.97 Å². The predicted molar refractivity (Wildman–Crippen MR) is 83.7 cm³/mol. The first-order chi connectivity index (χ1) is 11.3. The maximum Gasteiger partial charge on any atom is 0.337 e. The molecule has 0 bridgehead atoms. The summed E-state index contributed by atoms with van der Waals surface area (Å²) < 4.78 is 50.1. The molecule has 0 fully saturated rings. The molecule has 128 valence electrons. The number of carboxylic acid groups (broad SMARTS) is 1. The van der Waals surface area contributed by atoms with Crippen LogP contribution in [0, 0.1) is 5.82 Å². The zero-order chi connectivity index (χ0) is 17.9. The molecule has 0 amide bonds. The van der Waals surface area contributed by atoms with Crippen LogP contribution in [0.15, 0.2) is 41.3 Å². The molecule has 0 saturated carbocycles. The first-order valence-corrected chi connectivity index (χ1v) is 8.04. The van der Waals surface area contributed by atoms with Gasteiger partial charge in [0.2, 0.25) is 0 Å². The molecular weight excluding hydrogens is 341 g/mol. The number of anilines is 1. The minimum Gasteiger partial charge on any atom is -0.493 e. The Kier molecular flexibility index (Phi) is 4.93. The monoisotopic (exact) mass is 355 g/mol. The van der Waals surface area contributed by atoms with Gasteiger partial charge in [-0.3, -0.25) is 4.72 Å². The lowest BCUT2D eigenvalue weighted by Crippen LogP contribution is -2.16. The summed E-state index contributed by atoms with van der Waals surface area (Å²) >= 11 is 0. The van der Waals surface area contributed by atoms with Crippen molar-refractivity contribution >= 4 is 21.7 Å². The van der Waals surface area contributed by atoms with Crippen molar-refractivity contribution in [3.8, 4) is 11.5 Å². The first kappa shape index (κ1) is 17.5. The zero-order valence-electron chi connectivity index (χ0n) is 12.7. The minimum atomic E-state index is -4.19. The fourth-order valence-electron chi connectivity index (χ4n) is 1.98. The third-order valence-electron chi connectivity index (χ3n) is 3.10. The lowest BCUT2D eigenvalue weighted by Gasteiger charge is -2.14. The van der Waals surface area contributed by atoms with Crippen LogP contribution in [0.25, 0.3) is 0 Å². The van der Waals surface area contributed by atoms with Gasteiger partial charge in [-0.1, -0.05) is 6.07 Å². The molecule has 0 heterocycles. The van der Waals surface area contributed by atoms with Crippen LogP contribution >= 0.6 is 0 Å². The number of hydrogen-bond donors (Lipinski definition) is 2. The van der Waals surface area contributed by atoms with Crippen LogP contribution in [0.3, 0.4) is 0 Å². The molecule has 24 heavy (non-hydrogen) atoms. The van der Waals surface area contributed by atoms with Gasteiger partial charge in [0.25, 0.3) is 10.0 Å². The number of rotatable bonds is 6. The molecule has 2 aromatic rings. The van der Waals surface area contributed by atoms with E-state index in [9.17, 15) is 22.7 Å². The van der Waals surface area contributed by atoms with E-state index >= 15 is 0 Å². The Morgan fingerprint density at radius 3 is 2.29 bits per heavy atom. The summed E-state index contributed by atoms with van der Waals surface area (Å²) in [6.07, 6.45) is 0. The van der Waals surface area contributed by atoms with E-state index in [0.717, 1.165) is 18.2 Å². The Hall–Kier alpha value is -2.81. The molecule has 0 spiro atoms. The van der Waals surface area contributed by atoms with Gasteiger partial charge in [0.15, 0.2) is 11.5 Å². The maximum absolute atomic E-state index is 13.2. The van der Waals surface area contributed by atoms with Gasteiger partial charge in [0.1, 0.15) is 5.82 Å². The average Bonchev–Trinajstić information content (AvgIpc) is 2.53. The van der Waals surface area contributed by atoms with Crippen molar-refractivity contribution in [3.63, 3.8) is 0 Å². The number of methoxy groups -OCH3 is 2. The Balaban J connectivity index is 2.53. The fraction of sp³-hybridized carbons (Fsp3) is 0.133. The summed E-state index contributed by atoms with van der Waals surface area (Å²) in [5, 5.41) is 9.27. The average molecular weight is 355 g/mol. The van der Waals surface area contributed by atoms with Gasteiger partial charge in [-0.2, -0.15) is 0 Å². The lowest BCUT2D eigenvalue weighted by molar-refractivity contribution is 0.0697. The first-order valence-electron chi connectivity index (χ1n) is 6.56. The van der Waals surface area contributed by atoms with Crippen molar-refractivity contribution in [1.82, 2.24) is 0 Å². The largest absolute Gasteiger partial charge is 0.493 e. The third-order valence-corrected chi connectivity index (χ3v) is 4.47. The van der Waals surface area contributed by atoms with E-state index in [-0.39, 0.29) is 27.6 Å². The molecule has 2 rings (SSSR count). The van der Waals surface area contributed by atoms with Gasteiger partial charge in [-0.25, -0.2) is 17.6 Å². The van der Waals surface area contributed by atoms with Crippen LogP contribution in [0.5, 0.6) is 11.5 Å². The Labute approximate surface area is 137 Å².